The third-order valence-electron chi connectivity index (χ3n) is 2.86. The van der Waals surface area contributed by atoms with Crippen LogP contribution in [0.5, 0.6) is 11.5 Å². The van der Waals surface area contributed by atoms with Crippen molar-refractivity contribution in [3.05, 3.63) is 54.1 Å². The number of ether oxygens (including phenoxy) is 1. The van der Waals surface area contributed by atoms with Gasteiger partial charge in [-0.1, -0.05) is 31.5 Å². The Hall–Kier alpha value is -2.34. The Morgan fingerprint density at radius 2 is 1.54 bits per heavy atom. The van der Waals surface area contributed by atoms with E-state index in [0.29, 0.717) is 16.4 Å². The Morgan fingerprint density at radius 1 is 1.00 bits per heavy atom. The molecule has 0 radical (unpaired) electrons. The number of hydrogen-bond donors (Lipinski definition) is 1. The van der Waals surface area contributed by atoms with Crippen molar-refractivity contribution in [3.63, 3.8) is 0 Å². The zero-order chi connectivity index (χ0) is 17.9. The van der Waals surface area contributed by atoms with Gasteiger partial charge in [-0.15, -0.1) is 0 Å². The average molecular weight is 349 g/mol. The Balaban J connectivity index is 0.00000139. The van der Waals surface area contributed by atoms with E-state index in [1.54, 1.807) is 43.4 Å². The second-order valence-electron chi connectivity index (χ2n) is 4.56. The molecule has 0 aliphatic rings. The van der Waals surface area contributed by atoms with Crippen LogP contribution in [0.4, 0.5) is 0 Å². The standard InChI is InChI=1S/C16H17NO4S.C2H6/c1-12-3-5-14(6-4-12)21-22(19)15-9-7-13(8-10-15)20-11-16(18)17-2;1-2/h3-10H,11H2,1-2H3,(H,17,18);1-2H3. The predicted octanol–water partition coefficient (Wildman–Crippen LogP) is 3.25. The van der Waals surface area contributed by atoms with Gasteiger partial charge in [0.25, 0.3) is 5.91 Å². The van der Waals surface area contributed by atoms with Gasteiger partial charge in [0.2, 0.25) is 11.1 Å². The highest BCUT2D eigenvalue weighted by Gasteiger charge is 2.07. The number of rotatable bonds is 6. The van der Waals surface area contributed by atoms with Crippen molar-refractivity contribution in [1.29, 1.82) is 0 Å². The smallest absolute Gasteiger partial charge is 0.257 e. The summed E-state index contributed by atoms with van der Waals surface area (Å²) in [4.78, 5) is 11.6. The van der Waals surface area contributed by atoms with Crippen LogP contribution in [0.25, 0.3) is 0 Å². The monoisotopic (exact) mass is 349 g/mol. The summed E-state index contributed by atoms with van der Waals surface area (Å²) in [6.07, 6.45) is 0. The highest BCUT2D eigenvalue weighted by molar-refractivity contribution is 7.80. The van der Waals surface area contributed by atoms with E-state index in [-0.39, 0.29) is 12.5 Å². The molecule has 0 spiro atoms. The lowest BCUT2D eigenvalue weighted by molar-refractivity contribution is -0.122. The van der Waals surface area contributed by atoms with Crippen LogP contribution >= 0.6 is 0 Å². The van der Waals surface area contributed by atoms with Crippen LogP contribution in [-0.4, -0.2) is 23.8 Å². The summed E-state index contributed by atoms with van der Waals surface area (Å²) in [5, 5.41) is 2.46. The third-order valence-corrected chi connectivity index (χ3v) is 3.86. The van der Waals surface area contributed by atoms with Gasteiger partial charge >= 0.3 is 0 Å². The molecule has 0 fully saturated rings. The molecule has 2 aromatic rings. The van der Waals surface area contributed by atoms with Crippen molar-refractivity contribution >= 4 is 17.0 Å². The largest absolute Gasteiger partial charge is 0.484 e. The number of likely N-dealkylation sites (N-methyl/N-ethyl adjacent to an activating group) is 1. The number of benzene rings is 2. The van der Waals surface area contributed by atoms with Gasteiger partial charge < -0.3 is 14.2 Å². The number of aryl methyl sites for hydroxylation is 1. The second kappa shape index (κ2) is 10.4. The lowest BCUT2D eigenvalue weighted by Crippen LogP contribution is -2.24. The second-order valence-corrected chi connectivity index (χ2v) is 5.67. The molecule has 0 aliphatic carbocycles. The van der Waals surface area contributed by atoms with Gasteiger partial charge in [0.15, 0.2) is 6.61 Å². The molecule has 0 saturated heterocycles. The molecule has 6 heteroatoms. The van der Waals surface area contributed by atoms with Crippen LogP contribution in [0.1, 0.15) is 19.4 Å². The first-order valence-corrected chi connectivity index (χ1v) is 8.76. The van der Waals surface area contributed by atoms with Gasteiger partial charge in [0.05, 0.1) is 4.90 Å². The molecule has 2 rings (SSSR count). The van der Waals surface area contributed by atoms with Crippen molar-refractivity contribution in [2.45, 2.75) is 25.7 Å². The van der Waals surface area contributed by atoms with Gasteiger partial charge in [0, 0.05) is 7.05 Å². The molecular weight excluding hydrogens is 326 g/mol. The molecule has 1 atom stereocenters. The third kappa shape index (κ3) is 6.42. The minimum Gasteiger partial charge on any atom is -0.484 e. The molecule has 0 saturated carbocycles. The topological polar surface area (TPSA) is 64.6 Å². The van der Waals surface area contributed by atoms with Crippen LogP contribution in [0.2, 0.25) is 0 Å². The maximum atomic E-state index is 12.1. The Bertz CT molecular complexity index is 654. The first-order chi connectivity index (χ1) is 11.6. The fourth-order valence-electron chi connectivity index (χ4n) is 1.60. The summed E-state index contributed by atoms with van der Waals surface area (Å²) in [5.74, 6) is 0.860. The summed E-state index contributed by atoms with van der Waals surface area (Å²) in [6, 6.07) is 13.9. The molecule has 24 heavy (non-hydrogen) atoms. The summed E-state index contributed by atoms with van der Waals surface area (Å²) in [6.45, 7) is 5.91. The van der Waals surface area contributed by atoms with Crippen molar-refractivity contribution in [2.24, 2.45) is 0 Å². The molecule has 1 N–H and O–H groups in total. The molecule has 0 heterocycles. The number of carbonyl (C=O) groups excluding carboxylic acids is 1. The number of amides is 1. The minimum absolute atomic E-state index is 0.0567. The van der Waals surface area contributed by atoms with Crippen LogP contribution in [0.15, 0.2) is 53.4 Å². The minimum atomic E-state index is -1.60. The van der Waals surface area contributed by atoms with Crippen molar-refractivity contribution < 1.29 is 17.9 Å². The van der Waals surface area contributed by atoms with Gasteiger partial charge in [0.1, 0.15) is 11.5 Å². The number of carbonyl (C=O) groups is 1. The summed E-state index contributed by atoms with van der Waals surface area (Å²) in [5.41, 5.74) is 1.11. The van der Waals surface area contributed by atoms with E-state index < -0.39 is 11.1 Å². The molecule has 0 aliphatic heterocycles. The predicted molar refractivity (Wildman–Crippen MR) is 95.6 cm³/mol. The maximum Gasteiger partial charge on any atom is 0.257 e. The zero-order valence-corrected chi connectivity index (χ0v) is 15.2. The van der Waals surface area contributed by atoms with Gasteiger partial charge in [-0.25, -0.2) is 4.21 Å². The maximum absolute atomic E-state index is 12.1. The molecule has 1 unspecified atom stereocenters. The number of hydrogen-bond acceptors (Lipinski definition) is 4. The normalized spacial score (nSPS) is 10.8. The lowest BCUT2D eigenvalue weighted by atomic mass is 10.2. The fourth-order valence-corrected chi connectivity index (χ4v) is 2.34. The highest BCUT2D eigenvalue weighted by Crippen LogP contribution is 2.19. The number of nitrogens with one attached hydrogen (secondary N) is 1. The highest BCUT2D eigenvalue weighted by atomic mass is 32.2. The van der Waals surface area contributed by atoms with Crippen LogP contribution in [0.3, 0.4) is 0 Å². The molecule has 5 nitrogen and oxygen atoms in total. The van der Waals surface area contributed by atoms with E-state index in [9.17, 15) is 9.00 Å². The Kier molecular flexibility index (Phi) is 8.57. The van der Waals surface area contributed by atoms with E-state index in [2.05, 4.69) is 5.32 Å². The van der Waals surface area contributed by atoms with Crippen molar-refractivity contribution in [2.75, 3.05) is 13.7 Å². The molecule has 0 aromatic heterocycles. The molecular formula is C18H23NO4S. The Morgan fingerprint density at radius 3 is 2.08 bits per heavy atom. The van der Waals surface area contributed by atoms with Gasteiger partial charge in [-0.05, 0) is 43.3 Å². The van der Waals surface area contributed by atoms with Crippen molar-refractivity contribution in [3.8, 4) is 11.5 Å². The molecule has 0 bridgehead atoms. The summed E-state index contributed by atoms with van der Waals surface area (Å²) >= 11 is -1.60. The molecule has 130 valence electrons. The van der Waals surface area contributed by atoms with Crippen LogP contribution < -0.4 is 14.2 Å². The van der Waals surface area contributed by atoms with Gasteiger partial charge in [-0.3, -0.25) is 4.79 Å². The first kappa shape index (κ1) is 19.7. The fraction of sp³-hybridized carbons (Fsp3) is 0.278. The quantitative estimate of drug-likeness (QED) is 0.869. The van der Waals surface area contributed by atoms with E-state index in [0.717, 1.165) is 5.56 Å². The van der Waals surface area contributed by atoms with E-state index in [1.807, 2.05) is 32.9 Å². The van der Waals surface area contributed by atoms with Crippen LogP contribution in [-0.2, 0) is 15.9 Å². The summed E-state index contributed by atoms with van der Waals surface area (Å²) in [7, 11) is 1.54. The Labute approximate surface area is 145 Å². The SMILES string of the molecule is CC.CNC(=O)COc1ccc(S(=O)Oc2ccc(C)cc2)cc1. The molecule has 1 amide bonds. The van der Waals surface area contributed by atoms with Gasteiger partial charge in [-0.2, -0.15) is 0 Å². The van der Waals surface area contributed by atoms with Crippen molar-refractivity contribution in [1.82, 2.24) is 5.32 Å². The average Bonchev–Trinajstić information content (AvgIpc) is 2.63. The van der Waals surface area contributed by atoms with Crippen LogP contribution in [0, 0.1) is 6.92 Å². The van der Waals surface area contributed by atoms with E-state index >= 15 is 0 Å². The lowest BCUT2D eigenvalue weighted by Gasteiger charge is -2.07. The first-order valence-electron chi connectivity index (χ1n) is 7.68. The zero-order valence-electron chi connectivity index (χ0n) is 14.4. The molecule has 2 aromatic carbocycles. The summed E-state index contributed by atoms with van der Waals surface area (Å²) < 4.78 is 22.8. The van der Waals surface area contributed by atoms with E-state index in [1.165, 1.54) is 0 Å². The van der Waals surface area contributed by atoms with E-state index in [4.69, 9.17) is 8.92 Å².